The van der Waals surface area contributed by atoms with Crippen LogP contribution in [0.15, 0.2) is 24.3 Å². The SMILES string of the molecule is C/C=C(/CCNC(=O)OC(C)(C)C)c1cc(OC(=O)OC(C)(C)C)ccc1N1CC1. The van der Waals surface area contributed by atoms with Gasteiger partial charge in [0.05, 0.1) is 0 Å². The van der Waals surface area contributed by atoms with Crippen molar-refractivity contribution in [2.24, 2.45) is 0 Å². The topological polar surface area (TPSA) is 76.9 Å². The molecule has 0 spiro atoms. The van der Waals surface area contributed by atoms with Gasteiger partial charge >= 0.3 is 12.2 Å². The minimum Gasteiger partial charge on any atom is -0.444 e. The molecule has 1 aromatic rings. The maximum absolute atomic E-state index is 12.0. The second-order valence-electron chi connectivity index (χ2n) is 9.23. The number of nitrogens with zero attached hydrogens (tertiary/aromatic N) is 1. The first-order valence-corrected chi connectivity index (χ1v) is 10.3. The van der Waals surface area contributed by atoms with E-state index in [9.17, 15) is 9.59 Å². The molecule has 0 aromatic heterocycles. The Hall–Kier alpha value is -2.70. The summed E-state index contributed by atoms with van der Waals surface area (Å²) in [5, 5.41) is 2.79. The molecule has 1 amide bonds. The normalized spacial score (nSPS) is 14.2. The maximum Gasteiger partial charge on any atom is 0.514 e. The van der Waals surface area contributed by atoms with E-state index < -0.39 is 23.5 Å². The van der Waals surface area contributed by atoms with Crippen molar-refractivity contribution in [3.63, 3.8) is 0 Å². The molecule has 0 saturated carbocycles. The molecule has 0 unspecified atom stereocenters. The van der Waals surface area contributed by atoms with Crippen LogP contribution in [-0.2, 0) is 9.47 Å². The molecule has 0 aliphatic carbocycles. The van der Waals surface area contributed by atoms with Crippen molar-refractivity contribution in [2.75, 3.05) is 24.5 Å². The molecule has 0 atom stereocenters. The lowest BCUT2D eigenvalue weighted by Gasteiger charge is -2.21. The molecule has 1 aliphatic heterocycles. The molecular formula is C23H34N2O5. The largest absolute Gasteiger partial charge is 0.514 e. The lowest BCUT2D eigenvalue weighted by molar-refractivity contribution is 0.0206. The molecule has 1 fully saturated rings. The van der Waals surface area contributed by atoms with Crippen molar-refractivity contribution in [2.45, 2.75) is 66.1 Å². The Morgan fingerprint density at radius 3 is 2.23 bits per heavy atom. The number of hydrogen-bond acceptors (Lipinski definition) is 6. The maximum atomic E-state index is 12.0. The van der Waals surface area contributed by atoms with Crippen LogP contribution in [0.4, 0.5) is 15.3 Å². The van der Waals surface area contributed by atoms with Crippen LogP contribution in [0.5, 0.6) is 5.75 Å². The number of anilines is 1. The fourth-order valence-electron chi connectivity index (χ4n) is 2.82. The van der Waals surface area contributed by atoms with Gasteiger partial charge in [-0.2, -0.15) is 0 Å². The highest BCUT2D eigenvalue weighted by Crippen LogP contribution is 2.35. The predicted octanol–water partition coefficient (Wildman–Crippen LogP) is 5.14. The van der Waals surface area contributed by atoms with Crippen molar-refractivity contribution in [3.8, 4) is 5.75 Å². The summed E-state index contributed by atoms with van der Waals surface area (Å²) in [4.78, 5) is 26.2. The highest BCUT2D eigenvalue weighted by Gasteiger charge is 2.24. The lowest BCUT2D eigenvalue weighted by atomic mass is 10.00. The minimum atomic E-state index is -0.735. The van der Waals surface area contributed by atoms with Gasteiger partial charge < -0.3 is 24.4 Å². The molecular weight excluding hydrogens is 384 g/mol. The van der Waals surface area contributed by atoms with Crippen molar-refractivity contribution in [3.05, 3.63) is 29.8 Å². The standard InChI is InChI=1S/C23H34N2O5/c1-8-16(11-12-24-20(26)29-22(2,3)4)18-15-17(9-10-19(18)25-13-14-25)28-21(27)30-23(5,6)7/h8-10,15H,11-14H2,1-7H3,(H,24,26)/b16-8-. The van der Waals surface area contributed by atoms with E-state index in [0.29, 0.717) is 18.7 Å². The summed E-state index contributed by atoms with van der Waals surface area (Å²) in [6.45, 7) is 15.2. The van der Waals surface area contributed by atoms with Gasteiger partial charge in [-0.1, -0.05) is 6.08 Å². The molecule has 1 heterocycles. The first kappa shape index (κ1) is 23.6. The third-order valence-corrected chi connectivity index (χ3v) is 4.10. The van der Waals surface area contributed by atoms with E-state index in [1.54, 1.807) is 26.8 Å². The van der Waals surface area contributed by atoms with E-state index in [1.807, 2.05) is 45.9 Å². The number of alkyl carbamates (subject to hydrolysis) is 1. The fourth-order valence-corrected chi connectivity index (χ4v) is 2.82. The van der Waals surface area contributed by atoms with Gasteiger partial charge in [-0.15, -0.1) is 0 Å². The van der Waals surface area contributed by atoms with Gasteiger partial charge in [-0.3, -0.25) is 0 Å². The van der Waals surface area contributed by atoms with Crippen molar-refractivity contribution < 1.29 is 23.8 Å². The third-order valence-electron chi connectivity index (χ3n) is 4.10. The summed E-state index contributed by atoms with van der Waals surface area (Å²) >= 11 is 0. The Kier molecular flexibility index (Phi) is 7.39. The van der Waals surface area contributed by atoms with E-state index in [0.717, 1.165) is 29.9 Å². The van der Waals surface area contributed by atoms with E-state index in [2.05, 4.69) is 10.2 Å². The molecule has 1 N–H and O–H groups in total. The van der Waals surface area contributed by atoms with Crippen LogP contribution in [-0.4, -0.2) is 43.1 Å². The minimum absolute atomic E-state index is 0.421. The van der Waals surface area contributed by atoms with Crippen LogP contribution in [0.2, 0.25) is 0 Å². The number of hydrogen-bond donors (Lipinski definition) is 1. The average molecular weight is 419 g/mol. The summed E-state index contributed by atoms with van der Waals surface area (Å²) in [5.41, 5.74) is 1.94. The van der Waals surface area contributed by atoms with Gasteiger partial charge in [0.2, 0.25) is 0 Å². The van der Waals surface area contributed by atoms with E-state index in [1.165, 1.54) is 0 Å². The zero-order valence-corrected chi connectivity index (χ0v) is 19.1. The zero-order chi connectivity index (χ0) is 22.5. The van der Waals surface area contributed by atoms with Gasteiger partial charge in [-0.05, 0) is 78.7 Å². The van der Waals surface area contributed by atoms with Crippen LogP contribution in [0.25, 0.3) is 5.57 Å². The quantitative estimate of drug-likeness (QED) is 0.392. The molecule has 1 aliphatic rings. The predicted molar refractivity (Wildman–Crippen MR) is 118 cm³/mol. The number of benzene rings is 1. The van der Waals surface area contributed by atoms with E-state index in [4.69, 9.17) is 14.2 Å². The number of rotatable bonds is 6. The van der Waals surface area contributed by atoms with Crippen LogP contribution < -0.4 is 15.0 Å². The van der Waals surface area contributed by atoms with Crippen molar-refractivity contribution >= 4 is 23.5 Å². The third kappa shape index (κ3) is 7.97. The van der Waals surface area contributed by atoms with Gasteiger partial charge in [0.25, 0.3) is 0 Å². The van der Waals surface area contributed by atoms with E-state index >= 15 is 0 Å². The summed E-state index contributed by atoms with van der Waals surface area (Å²) in [6.07, 6.45) is 1.45. The fraction of sp³-hybridized carbons (Fsp3) is 0.565. The van der Waals surface area contributed by atoms with E-state index in [-0.39, 0.29) is 0 Å². The molecule has 1 aromatic carbocycles. The summed E-state index contributed by atoms with van der Waals surface area (Å²) in [7, 11) is 0. The number of allylic oxidation sites excluding steroid dienone is 1. The van der Waals surface area contributed by atoms with Crippen LogP contribution in [0.3, 0.4) is 0 Å². The second kappa shape index (κ2) is 9.41. The second-order valence-corrected chi connectivity index (χ2v) is 9.23. The molecule has 7 heteroatoms. The molecule has 7 nitrogen and oxygen atoms in total. The number of nitrogens with one attached hydrogen (secondary N) is 1. The lowest BCUT2D eigenvalue weighted by Crippen LogP contribution is -2.33. The Labute approximate surface area is 179 Å². The summed E-state index contributed by atoms with van der Waals surface area (Å²) in [5.74, 6) is 0.421. The van der Waals surface area contributed by atoms with Crippen LogP contribution in [0.1, 0.15) is 60.5 Å². The van der Waals surface area contributed by atoms with Crippen LogP contribution >= 0.6 is 0 Å². The van der Waals surface area contributed by atoms with Gasteiger partial charge in [0.1, 0.15) is 17.0 Å². The highest BCUT2D eigenvalue weighted by atomic mass is 16.7. The highest BCUT2D eigenvalue weighted by molar-refractivity contribution is 5.80. The molecule has 0 radical (unpaired) electrons. The van der Waals surface area contributed by atoms with Crippen molar-refractivity contribution in [1.29, 1.82) is 0 Å². The molecule has 0 bridgehead atoms. The Balaban J connectivity index is 2.10. The van der Waals surface area contributed by atoms with Gasteiger partial charge in [-0.25, -0.2) is 9.59 Å². The summed E-state index contributed by atoms with van der Waals surface area (Å²) < 4.78 is 15.9. The van der Waals surface area contributed by atoms with Gasteiger partial charge in [0, 0.05) is 30.9 Å². The monoisotopic (exact) mass is 418 g/mol. The summed E-state index contributed by atoms with van der Waals surface area (Å²) in [6, 6.07) is 5.57. The first-order valence-electron chi connectivity index (χ1n) is 10.3. The molecule has 166 valence electrons. The number of carbonyl (C=O) groups is 2. The first-order chi connectivity index (χ1) is 13.9. The molecule has 2 rings (SSSR count). The van der Waals surface area contributed by atoms with Gasteiger partial charge in [0.15, 0.2) is 0 Å². The Morgan fingerprint density at radius 2 is 1.70 bits per heavy atom. The van der Waals surface area contributed by atoms with Crippen LogP contribution in [0, 0.1) is 0 Å². The molecule has 30 heavy (non-hydrogen) atoms. The number of ether oxygens (including phenoxy) is 3. The van der Waals surface area contributed by atoms with Crippen molar-refractivity contribution in [1.82, 2.24) is 5.32 Å². The Bertz CT molecular complexity index is 799. The smallest absolute Gasteiger partial charge is 0.444 e. The Morgan fingerprint density at radius 1 is 1.07 bits per heavy atom. The number of amides is 1. The zero-order valence-electron chi connectivity index (χ0n) is 19.1. The average Bonchev–Trinajstić information content (AvgIpc) is 3.40. The molecule has 1 saturated heterocycles. The number of carbonyl (C=O) groups excluding carboxylic acids is 2.